The molecule has 33 heavy (non-hydrogen) atoms. The molecule has 0 spiro atoms. The van der Waals surface area contributed by atoms with E-state index < -0.39 is 0 Å². The van der Waals surface area contributed by atoms with E-state index in [9.17, 15) is 0 Å². The van der Waals surface area contributed by atoms with Crippen molar-refractivity contribution < 1.29 is 0 Å². The van der Waals surface area contributed by atoms with Crippen molar-refractivity contribution >= 4 is 65.1 Å². The fourth-order valence-corrected chi connectivity index (χ4v) is 7.33. The molecule has 3 nitrogen and oxygen atoms in total. The van der Waals surface area contributed by atoms with E-state index in [4.69, 9.17) is 9.97 Å². The first kappa shape index (κ1) is 17.8. The molecule has 5 heteroatoms. The second-order valence-corrected chi connectivity index (χ2v) is 10.4. The number of aromatic nitrogens is 3. The predicted molar refractivity (Wildman–Crippen MR) is 139 cm³/mol. The van der Waals surface area contributed by atoms with Gasteiger partial charge in [-0.05, 0) is 30.3 Å². The van der Waals surface area contributed by atoms with Gasteiger partial charge in [-0.15, -0.1) is 11.3 Å². The van der Waals surface area contributed by atoms with Crippen molar-refractivity contribution in [3.63, 3.8) is 0 Å². The Hall–Kier alpha value is -3.67. The highest BCUT2D eigenvalue weighted by Crippen LogP contribution is 2.47. The summed E-state index contributed by atoms with van der Waals surface area (Å²) in [4.78, 5) is 12.7. The largest absolute Gasteiger partial charge is 0.284 e. The first-order valence-corrected chi connectivity index (χ1v) is 12.5. The Morgan fingerprint density at radius 1 is 0.697 bits per heavy atom. The molecule has 0 atom stereocenters. The summed E-state index contributed by atoms with van der Waals surface area (Å²) in [6.45, 7) is 0. The van der Waals surface area contributed by atoms with Gasteiger partial charge in [0.15, 0.2) is 0 Å². The zero-order valence-corrected chi connectivity index (χ0v) is 19.0. The molecule has 0 saturated carbocycles. The topological polar surface area (TPSA) is 30.7 Å². The summed E-state index contributed by atoms with van der Waals surface area (Å²) < 4.78 is 4.75. The minimum Gasteiger partial charge on any atom is -0.284 e. The Labute approximate surface area is 197 Å². The summed E-state index contributed by atoms with van der Waals surface area (Å²) >= 11 is 3.64. The summed E-state index contributed by atoms with van der Waals surface area (Å²) in [6.07, 6.45) is 2.11. The SMILES string of the molecule is c1ccc2c(c1)Sc1cccc3nc(-n4ccc5ccc6c7ccccc7sc6c54)nc-2c13. The zero-order chi connectivity index (χ0) is 21.5. The molecule has 0 saturated heterocycles. The van der Waals surface area contributed by atoms with Crippen molar-refractivity contribution in [2.24, 2.45) is 0 Å². The van der Waals surface area contributed by atoms with E-state index in [1.165, 1.54) is 46.4 Å². The number of benzene rings is 4. The minimum absolute atomic E-state index is 0.719. The van der Waals surface area contributed by atoms with Crippen molar-refractivity contribution in [3.8, 4) is 17.2 Å². The number of hydrogen-bond acceptors (Lipinski definition) is 4. The molecule has 4 heterocycles. The highest BCUT2D eigenvalue weighted by molar-refractivity contribution is 7.99. The van der Waals surface area contributed by atoms with Gasteiger partial charge in [-0.25, -0.2) is 9.97 Å². The van der Waals surface area contributed by atoms with Crippen LogP contribution in [0.4, 0.5) is 0 Å². The monoisotopic (exact) mass is 457 g/mol. The molecule has 8 rings (SSSR count). The standard InChI is InChI=1S/C28H15N3S2/c1-3-9-21-17(6-1)18-13-12-16-14-15-31(26(16)27(18)33-21)28-29-20-8-5-11-23-24(20)25(30-28)19-7-2-4-10-22(19)32-23/h1-15H. The fourth-order valence-electron chi connectivity index (χ4n) is 4.97. The van der Waals surface area contributed by atoms with Crippen LogP contribution in [0.25, 0.3) is 59.2 Å². The van der Waals surface area contributed by atoms with E-state index in [1.807, 2.05) is 11.3 Å². The molecule has 7 aromatic rings. The van der Waals surface area contributed by atoms with E-state index in [0.717, 1.165) is 22.5 Å². The molecular weight excluding hydrogens is 442 g/mol. The molecule has 3 aromatic heterocycles. The van der Waals surface area contributed by atoms with Gasteiger partial charge in [0.2, 0.25) is 5.95 Å². The van der Waals surface area contributed by atoms with Gasteiger partial charge >= 0.3 is 0 Å². The van der Waals surface area contributed by atoms with E-state index in [-0.39, 0.29) is 0 Å². The van der Waals surface area contributed by atoms with Gasteiger partial charge in [0, 0.05) is 47.8 Å². The van der Waals surface area contributed by atoms with Crippen molar-refractivity contribution in [1.29, 1.82) is 0 Å². The minimum atomic E-state index is 0.719. The van der Waals surface area contributed by atoms with Gasteiger partial charge in [-0.3, -0.25) is 4.57 Å². The highest BCUT2D eigenvalue weighted by atomic mass is 32.2. The molecule has 0 radical (unpaired) electrons. The quantitative estimate of drug-likeness (QED) is 0.250. The van der Waals surface area contributed by atoms with E-state index in [0.29, 0.717) is 0 Å². The summed E-state index contributed by atoms with van der Waals surface area (Å²) in [5.74, 6) is 0.719. The fraction of sp³-hybridized carbons (Fsp3) is 0. The molecule has 0 unspecified atom stereocenters. The Morgan fingerprint density at radius 3 is 2.58 bits per heavy atom. The van der Waals surface area contributed by atoms with Crippen LogP contribution in [0.5, 0.6) is 0 Å². The lowest BCUT2D eigenvalue weighted by molar-refractivity contribution is 0.983. The predicted octanol–water partition coefficient (Wildman–Crippen LogP) is 8.07. The summed E-state index contributed by atoms with van der Waals surface area (Å²) in [7, 11) is 0. The maximum Gasteiger partial charge on any atom is 0.235 e. The van der Waals surface area contributed by atoms with E-state index in [2.05, 4.69) is 95.7 Å². The van der Waals surface area contributed by atoms with Crippen LogP contribution >= 0.6 is 23.1 Å². The van der Waals surface area contributed by atoms with Crippen molar-refractivity contribution in [1.82, 2.24) is 14.5 Å². The van der Waals surface area contributed by atoms with Gasteiger partial charge in [-0.2, -0.15) is 0 Å². The second-order valence-electron chi connectivity index (χ2n) is 8.28. The molecular formula is C28H15N3S2. The number of hydrogen-bond donors (Lipinski definition) is 0. The maximum absolute atomic E-state index is 5.17. The van der Waals surface area contributed by atoms with Crippen molar-refractivity contribution in [3.05, 3.63) is 91.1 Å². The van der Waals surface area contributed by atoms with Crippen molar-refractivity contribution in [2.45, 2.75) is 9.79 Å². The third kappa shape index (κ3) is 2.41. The Morgan fingerprint density at radius 2 is 1.58 bits per heavy atom. The van der Waals surface area contributed by atoms with E-state index in [1.54, 1.807) is 11.8 Å². The highest BCUT2D eigenvalue weighted by Gasteiger charge is 2.23. The Balaban J connectivity index is 1.49. The smallest absolute Gasteiger partial charge is 0.235 e. The number of fused-ring (bicyclic) bond motifs is 7. The summed E-state index contributed by atoms with van der Waals surface area (Å²) in [5.41, 5.74) is 4.36. The Bertz CT molecular complexity index is 1910. The first-order chi connectivity index (χ1) is 16.3. The molecule has 154 valence electrons. The average Bonchev–Trinajstić information content (AvgIpc) is 3.45. The van der Waals surface area contributed by atoms with Crippen LogP contribution in [0.3, 0.4) is 0 Å². The normalized spacial score (nSPS) is 12.7. The molecule has 1 aliphatic rings. The molecule has 0 fully saturated rings. The van der Waals surface area contributed by atoms with Gasteiger partial charge in [0.1, 0.15) is 0 Å². The summed E-state index contributed by atoms with van der Waals surface area (Å²) in [6, 6.07) is 30.1. The van der Waals surface area contributed by atoms with Crippen LogP contribution in [0.15, 0.2) is 101 Å². The first-order valence-electron chi connectivity index (χ1n) is 10.8. The van der Waals surface area contributed by atoms with Gasteiger partial charge in [0.25, 0.3) is 0 Å². The molecule has 0 bridgehead atoms. The lowest BCUT2D eigenvalue weighted by Crippen LogP contribution is -2.04. The van der Waals surface area contributed by atoms with Crippen molar-refractivity contribution in [2.75, 3.05) is 0 Å². The van der Waals surface area contributed by atoms with Crippen LogP contribution in [-0.2, 0) is 0 Å². The van der Waals surface area contributed by atoms with Crippen LogP contribution in [0.2, 0.25) is 0 Å². The van der Waals surface area contributed by atoms with E-state index >= 15 is 0 Å². The number of nitrogens with zero attached hydrogens (tertiary/aromatic N) is 3. The van der Waals surface area contributed by atoms with Crippen LogP contribution in [-0.4, -0.2) is 14.5 Å². The molecule has 1 aliphatic heterocycles. The van der Waals surface area contributed by atoms with Crippen LogP contribution in [0, 0.1) is 0 Å². The molecule has 0 N–H and O–H groups in total. The molecule has 0 aliphatic carbocycles. The molecule has 4 aromatic carbocycles. The third-order valence-electron chi connectivity index (χ3n) is 6.45. The van der Waals surface area contributed by atoms with Crippen LogP contribution in [0.1, 0.15) is 0 Å². The summed E-state index contributed by atoms with van der Waals surface area (Å²) in [5, 5.41) is 4.94. The average molecular weight is 458 g/mol. The lowest BCUT2D eigenvalue weighted by atomic mass is 10.1. The van der Waals surface area contributed by atoms with Gasteiger partial charge in [0.05, 0.1) is 21.4 Å². The van der Waals surface area contributed by atoms with Crippen LogP contribution < -0.4 is 0 Å². The van der Waals surface area contributed by atoms with Gasteiger partial charge < -0.3 is 0 Å². The Kier molecular flexibility index (Phi) is 3.48. The maximum atomic E-state index is 5.17. The second kappa shape index (κ2) is 6.44. The molecule has 0 amide bonds. The zero-order valence-electron chi connectivity index (χ0n) is 17.3. The lowest BCUT2D eigenvalue weighted by Gasteiger charge is -2.19. The van der Waals surface area contributed by atoms with Gasteiger partial charge in [-0.1, -0.05) is 66.4 Å². The number of thiophene rings is 1. The number of rotatable bonds is 1. The third-order valence-corrected chi connectivity index (χ3v) is 8.78.